The number of H-pyrrole nitrogens is 1. The van der Waals surface area contributed by atoms with Crippen molar-refractivity contribution in [2.75, 3.05) is 51.3 Å². The highest BCUT2D eigenvalue weighted by Gasteiger charge is 2.41. The van der Waals surface area contributed by atoms with Crippen LogP contribution in [0.1, 0.15) is 51.3 Å². The van der Waals surface area contributed by atoms with E-state index in [1.807, 2.05) is 17.2 Å². The minimum absolute atomic E-state index is 0.0270. The Kier molecular flexibility index (Phi) is 8.75. The van der Waals surface area contributed by atoms with E-state index in [0.717, 1.165) is 78.9 Å². The summed E-state index contributed by atoms with van der Waals surface area (Å²) in [6.07, 6.45) is 6.23. The lowest BCUT2D eigenvalue weighted by Gasteiger charge is -2.47. The lowest BCUT2D eigenvalue weighted by Crippen LogP contribution is -2.52. The van der Waals surface area contributed by atoms with Gasteiger partial charge in [-0.25, -0.2) is 0 Å². The van der Waals surface area contributed by atoms with Crippen molar-refractivity contribution in [3.63, 3.8) is 0 Å². The van der Waals surface area contributed by atoms with Gasteiger partial charge in [-0.15, -0.1) is 0 Å². The number of aromatic amines is 1. The van der Waals surface area contributed by atoms with Crippen molar-refractivity contribution in [3.8, 4) is 11.1 Å². The van der Waals surface area contributed by atoms with Gasteiger partial charge in [0.25, 0.3) is 0 Å². The molecule has 6 rings (SSSR count). The van der Waals surface area contributed by atoms with Gasteiger partial charge in [0, 0.05) is 74.1 Å². The molecule has 3 aliphatic heterocycles. The first-order valence-corrected chi connectivity index (χ1v) is 16.3. The van der Waals surface area contributed by atoms with Crippen LogP contribution in [0.15, 0.2) is 24.9 Å². The van der Waals surface area contributed by atoms with Crippen molar-refractivity contribution >= 4 is 45.8 Å². The normalized spacial score (nSPS) is 24.8. The standard InChI is InChI=1S/C32H43Cl2N7O3/c1-6-27(43)39-10-8-21(9-11-39)41-19(2)28(29-22-15-35-36-24(22)13-23(33)30(29)34)31(37-41)40-12-7-20(14-32(40,3)4)16-38-17-25(42)26(18-38)44-5/h6,13,15,20-21,25-26,42H,1,7-12,14,16-18H2,2-5H3,(H,35,36)/t20-,25?,26?/m1/s1. The maximum Gasteiger partial charge on any atom is 0.245 e. The van der Waals surface area contributed by atoms with Gasteiger partial charge in [0.05, 0.1) is 40.0 Å². The molecule has 44 heavy (non-hydrogen) atoms. The Morgan fingerprint density at radius 3 is 2.61 bits per heavy atom. The number of rotatable bonds is 7. The van der Waals surface area contributed by atoms with Gasteiger partial charge in [-0.2, -0.15) is 10.2 Å². The van der Waals surface area contributed by atoms with Crippen molar-refractivity contribution in [3.05, 3.63) is 40.7 Å². The van der Waals surface area contributed by atoms with Gasteiger partial charge >= 0.3 is 0 Å². The first-order chi connectivity index (χ1) is 21.0. The second-order valence-electron chi connectivity index (χ2n) is 13.3. The summed E-state index contributed by atoms with van der Waals surface area (Å²) in [5.41, 5.74) is 3.47. The van der Waals surface area contributed by atoms with E-state index in [0.29, 0.717) is 35.6 Å². The Balaban J connectivity index is 1.36. The van der Waals surface area contributed by atoms with Gasteiger partial charge in [0.15, 0.2) is 5.82 Å². The van der Waals surface area contributed by atoms with Crippen LogP contribution < -0.4 is 4.90 Å². The van der Waals surface area contributed by atoms with Crippen molar-refractivity contribution in [2.24, 2.45) is 5.92 Å². The Labute approximate surface area is 268 Å². The zero-order valence-electron chi connectivity index (χ0n) is 26.0. The molecular weight excluding hydrogens is 601 g/mol. The number of likely N-dealkylation sites (tertiary alicyclic amines) is 2. The predicted molar refractivity (Wildman–Crippen MR) is 175 cm³/mol. The number of halogens is 2. The highest BCUT2D eigenvalue weighted by molar-refractivity contribution is 6.45. The number of aromatic nitrogens is 4. The number of anilines is 1. The van der Waals surface area contributed by atoms with Crippen molar-refractivity contribution in [1.82, 2.24) is 29.8 Å². The number of nitrogens with one attached hydrogen (secondary N) is 1. The molecule has 3 fully saturated rings. The first kappa shape index (κ1) is 31.4. The molecule has 3 aliphatic rings. The molecule has 0 spiro atoms. The summed E-state index contributed by atoms with van der Waals surface area (Å²) in [6, 6.07) is 1.96. The number of hydrogen-bond donors (Lipinski definition) is 2. The van der Waals surface area contributed by atoms with Crippen LogP contribution in [0.2, 0.25) is 10.0 Å². The summed E-state index contributed by atoms with van der Waals surface area (Å²) in [6.45, 7) is 14.9. The molecule has 0 bridgehead atoms. The van der Waals surface area contributed by atoms with Crippen LogP contribution in [0, 0.1) is 12.8 Å². The average Bonchev–Trinajstić information content (AvgIpc) is 3.70. The van der Waals surface area contributed by atoms with Crippen LogP contribution in [0.25, 0.3) is 22.0 Å². The number of fused-ring (bicyclic) bond motifs is 1. The summed E-state index contributed by atoms with van der Waals surface area (Å²) in [5, 5.41) is 25.0. The van der Waals surface area contributed by atoms with Gasteiger partial charge in [-0.3, -0.25) is 19.5 Å². The number of aliphatic hydroxyl groups is 1. The van der Waals surface area contributed by atoms with Crippen molar-refractivity contribution < 1.29 is 14.6 Å². The van der Waals surface area contributed by atoms with Gasteiger partial charge < -0.3 is 19.6 Å². The Morgan fingerprint density at radius 1 is 1.20 bits per heavy atom. The maximum absolute atomic E-state index is 12.3. The minimum Gasteiger partial charge on any atom is -0.389 e. The number of aliphatic hydroxyl groups excluding tert-OH is 1. The highest BCUT2D eigenvalue weighted by atomic mass is 35.5. The zero-order chi connectivity index (χ0) is 31.3. The van der Waals surface area contributed by atoms with Crippen LogP contribution in [0.3, 0.4) is 0 Å². The van der Waals surface area contributed by atoms with E-state index in [4.69, 9.17) is 33.0 Å². The second kappa shape index (κ2) is 12.3. The number of methoxy groups -OCH3 is 1. The fourth-order valence-corrected chi connectivity index (χ4v) is 8.19. The molecule has 1 amide bonds. The average molecular weight is 645 g/mol. The molecule has 0 saturated carbocycles. The Morgan fingerprint density at radius 2 is 1.95 bits per heavy atom. The number of benzene rings is 1. The number of carbonyl (C=O) groups is 1. The fourth-order valence-electron chi connectivity index (χ4n) is 7.74. The van der Waals surface area contributed by atoms with E-state index in [-0.39, 0.29) is 23.6 Å². The number of ether oxygens (including phenoxy) is 1. The van der Waals surface area contributed by atoms with E-state index in [9.17, 15) is 9.90 Å². The molecule has 2 aromatic heterocycles. The van der Waals surface area contributed by atoms with Crippen LogP contribution >= 0.6 is 23.2 Å². The lowest BCUT2D eigenvalue weighted by atomic mass is 9.82. The van der Waals surface area contributed by atoms with E-state index in [1.165, 1.54) is 6.08 Å². The molecule has 0 aliphatic carbocycles. The molecule has 12 heteroatoms. The third-order valence-electron chi connectivity index (χ3n) is 9.98. The Bertz CT molecular complexity index is 1540. The summed E-state index contributed by atoms with van der Waals surface area (Å²) < 4.78 is 7.64. The van der Waals surface area contributed by atoms with E-state index in [2.05, 4.69) is 52.0 Å². The van der Waals surface area contributed by atoms with Crippen molar-refractivity contribution in [1.29, 1.82) is 0 Å². The quantitative estimate of drug-likeness (QED) is 0.346. The van der Waals surface area contributed by atoms with Gasteiger partial charge in [0.1, 0.15) is 0 Å². The minimum atomic E-state index is -0.438. The molecule has 3 aromatic rings. The maximum atomic E-state index is 12.3. The SMILES string of the molecule is C=CC(=O)N1CCC(n2nc(N3CC[C@@H](CN4CC(O)C(OC)C4)CC3(C)C)c(-c3c(Cl)c(Cl)cc4[nH]ncc34)c2C)CC1. The van der Waals surface area contributed by atoms with Crippen molar-refractivity contribution in [2.45, 2.75) is 70.2 Å². The van der Waals surface area contributed by atoms with E-state index < -0.39 is 6.10 Å². The molecular formula is C32H43Cl2N7O3. The summed E-state index contributed by atoms with van der Waals surface area (Å²) in [4.78, 5) is 18.9. The summed E-state index contributed by atoms with van der Waals surface area (Å²) in [5.74, 6) is 1.36. The van der Waals surface area contributed by atoms with E-state index in [1.54, 1.807) is 7.11 Å². The number of hydrogen-bond acceptors (Lipinski definition) is 7. The summed E-state index contributed by atoms with van der Waals surface area (Å²) in [7, 11) is 1.67. The number of piperidine rings is 2. The molecule has 2 N–H and O–H groups in total. The summed E-state index contributed by atoms with van der Waals surface area (Å²) >= 11 is 13.7. The zero-order valence-corrected chi connectivity index (χ0v) is 27.5. The van der Waals surface area contributed by atoms with Crippen LogP contribution in [0.4, 0.5) is 5.82 Å². The number of carbonyl (C=O) groups excluding carboxylic acids is 1. The van der Waals surface area contributed by atoms with Crippen LogP contribution in [-0.4, -0.2) is 105 Å². The largest absolute Gasteiger partial charge is 0.389 e. The Hall–Kier alpha value is -2.63. The van der Waals surface area contributed by atoms with E-state index >= 15 is 0 Å². The highest BCUT2D eigenvalue weighted by Crippen LogP contribution is 2.48. The third kappa shape index (κ3) is 5.64. The number of β-amino-alcohol motifs (C(OH)–C–C–N with tert-alkyl or cyclic N) is 1. The monoisotopic (exact) mass is 643 g/mol. The number of amides is 1. The van der Waals surface area contributed by atoms with Gasteiger partial charge in [-0.1, -0.05) is 29.8 Å². The van der Waals surface area contributed by atoms with Crippen LogP contribution in [-0.2, 0) is 9.53 Å². The third-order valence-corrected chi connectivity index (χ3v) is 10.8. The molecule has 10 nitrogen and oxygen atoms in total. The lowest BCUT2D eigenvalue weighted by molar-refractivity contribution is -0.127. The predicted octanol–water partition coefficient (Wildman–Crippen LogP) is 5.08. The molecule has 0 radical (unpaired) electrons. The van der Waals surface area contributed by atoms with Crippen LogP contribution in [0.5, 0.6) is 0 Å². The second-order valence-corrected chi connectivity index (χ2v) is 14.0. The molecule has 3 atom stereocenters. The van der Waals surface area contributed by atoms with Gasteiger partial charge in [-0.05, 0) is 64.5 Å². The van der Waals surface area contributed by atoms with Gasteiger partial charge in [0.2, 0.25) is 5.91 Å². The first-order valence-electron chi connectivity index (χ1n) is 15.5. The molecule has 1 aromatic carbocycles. The topological polar surface area (TPSA) is 103 Å². The molecule has 238 valence electrons. The fraction of sp³-hybridized carbons (Fsp3) is 0.594. The smallest absolute Gasteiger partial charge is 0.245 e. The number of nitrogens with zero attached hydrogens (tertiary/aromatic N) is 6. The molecule has 3 saturated heterocycles. The molecule has 5 heterocycles. The molecule has 2 unspecified atom stereocenters.